The van der Waals surface area contributed by atoms with Gasteiger partial charge >= 0.3 is 6.01 Å². The second-order valence-corrected chi connectivity index (χ2v) is 4.88. The van der Waals surface area contributed by atoms with Gasteiger partial charge in [-0.25, -0.2) is 4.68 Å². The van der Waals surface area contributed by atoms with Crippen LogP contribution in [0.25, 0.3) is 5.69 Å². The molecule has 5 heteroatoms. The van der Waals surface area contributed by atoms with Gasteiger partial charge in [0.15, 0.2) is 0 Å². The minimum atomic E-state index is 0.361. The highest BCUT2D eigenvalue weighted by atomic mass is 16.5. The first kappa shape index (κ1) is 14.3. The van der Waals surface area contributed by atoms with E-state index in [2.05, 4.69) is 35.8 Å². The molecule has 2 aromatic rings. The maximum Gasteiger partial charge on any atom is 0.336 e. The molecule has 0 atom stereocenters. The zero-order chi connectivity index (χ0) is 14.4. The number of rotatable bonds is 7. The molecule has 0 bridgehead atoms. The summed E-state index contributed by atoms with van der Waals surface area (Å²) in [5, 5.41) is 7.56. The molecule has 0 aliphatic rings. The maximum absolute atomic E-state index is 5.52. The van der Waals surface area contributed by atoms with E-state index in [1.165, 1.54) is 0 Å². The molecule has 106 valence electrons. The van der Waals surface area contributed by atoms with Crippen molar-refractivity contribution in [3.8, 4) is 11.7 Å². The first-order valence-electron chi connectivity index (χ1n) is 6.65. The van der Waals surface area contributed by atoms with Gasteiger partial charge in [0.05, 0.1) is 5.69 Å². The highest BCUT2D eigenvalue weighted by Crippen LogP contribution is 2.08. The molecule has 20 heavy (non-hydrogen) atoms. The molecular formula is C15H20N4O. The number of aromatic nitrogens is 3. The molecule has 1 aromatic heterocycles. The first-order chi connectivity index (χ1) is 9.65. The van der Waals surface area contributed by atoms with Crippen molar-refractivity contribution in [3.63, 3.8) is 0 Å². The monoisotopic (exact) mass is 272 g/mol. The summed E-state index contributed by atoms with van der Waals surface area (Å²) in [6, 6.07) is 10.6. The zero-order valence-electron chi connectivity index (χ0n) is 11.9. The smallest absolute Gasteiger partial charge is 0.336 e. The fourth-order valence-corrected chi connectivity index (χ4v) is 1.59. The van der Waals surface area contributed by atoms with Crippen LogP contribution < -0.4 is 10.1 Å². The number of hydrogen-bond donors (Lipinski definition) is 1. The molecule has 1 heterocycles. The predicted octanol–water partition coefficient (Wildman–Crippen LogP) is 2.20. The average Bonchev–Trinajstić information content (AvgIpc) is 2.93. The normalized spacial score (nSPS) is 10.8. The quantitative estimate of drug-likeness (QED) is 0.785. The second-order valence-electron chi connectivity index (χ2n) is 4.88. The van der Waals surface area contributed by atoms with E-state index in [-0.39, 0.29) is 0 Å². The van der Waals surface area contributed by atoms with Crippen molar-refractivity contribution in [2.75, 3.05) is 13.2 Å². The Labute approximate surface area is 119 Å². The molecule has 0 saturated heterocycles. The Morgan fingerprint density at radius 1 is 1.35 bits per heavy atom. The van der Waals surface area contributed by atoms with Gasteiger partial charge in [-0.1, -0.05) is 38.6 Å². The van der Waals surface area contributed by atoms with Gasteiger partial charge in [-0.05, 0) is 17.7 Å². The SMILES string of the molecule is C=C(CNC(C)C)COc1ncn(-c2ccccc2)n1. The number of para-hydroxylation sites is 1. The zero-order valence-corrected chi connectivity index (χ0v) is 11.9. The van der Waals surface area contributed by atoms with Crippen molar-refractivity contribution in [2.45, 2.75) is 19.9 Å². The fourth-order valence-electron chi connectivity index (χ4n) is 1.59. The summed E-state index contributed by atoms with van der Waals surface area (Å²) < 4.78 is 7.20. The lowest BCUT2D eigenvalue weighted by Gasteiger charge is -2.10. The number of nitrogens with one attached hydrogen (secondary N) is 1. The van der Waals surface area contributed by atoms with Gasteiger partial charge in [-0.15, -0.1) is 5.10 Å². The molecule has 0 fully saturated rings. The molecule has 0 unspecified atom stereocenters. The van der Waals surface area contributed by atoms with Crippen LogP contribution in [0.15, 0.2) is 48.8 Å². The lowest BCUT2D eigenvalue weighted by Crippen LogP contribution is -2.26. The molecule has 0 spiro atoms. The predicted molar refractivity (Wildman–Crippen MR) is 79.1 cm³/mol. The average molecular weight is 272 g/mol. The second kappa shape index (κ2) is 6.86. The first-order valence-corrected chi connectivity index (χ1v) is 6.65. The summed E-state index contributed by atoms with van der Waals surface area (Å²) >= 11 is 0. The summed E-state index contributed by atoms with van der Waals surface area (Å²) in [7, 11) is 0. The van der Waals surface area contributed by atoms with Gasteiger partial charge < -0.3 is 10.1 Å². The Balaban J connectivity index is 1.86. The van der Waals surface area contributed by atoms with Crippen LogP contribution in [0.2, 0.25) is 0 Å². The van der Waals surface area contributed by atoms with Crippen LogP contribution in [-0.4, -0.2) is 34.0 Å². The summed E-state index contributed by atoms with van der Waals surface area (Å²) in [4.78, 5) is 4.13. The topological polar surface area (TPSA) is 52.0 Å². The van der Waals surface area contributed by atoms with E-state index < -0.39 is 0 Å². The van der Waals surface area contributed by atoms with Crippen LogP contribution in [-0.2, 0) is 0 Å². The van der Waals surface area contributed by atoms with E-state index >= 15 is 0 Å². The van der Waals surface area contributed by atoms with Crippen molar-refractivity contribution < 1.29 is 4.74 Å². The van der Waals surface area contributed by atoms with Gasteiger partial charge in [-0.3, -0.25) is 0 Å². The number of nitrogens with zero attached hydrogens (tertiary/aromatic N) is 3. The van der Waals surface area contributed by atoms with E-state index in [9.17, 15) is 0 Å². The summed E-state index contributed by atoms with van der Waals surface area (Å²) in [6.07, 6.45) is 1.64. The Hall–Kier alpha value is -2.14. The van der Waals surface area contributed by atoms with Crippen molar-refractivity contribution in [1.29, 1.82) is 0 Å². The number of hydrogen-bond acceptors (Lipinski definition) is 4. The van der Waals surface area contributed by atoms with Crippen molar-refractivity contribution in [2.24, 2.45) is 0 Å². The lowest BCUT2D eigenvalue weighted by atomic mass is 10.3. The third-order valence-corrected chi connectivity index (χ3v) is 2.66. The third kappa shape index (κ3) is 4.20. The highest BCUT2D eigenvalue weighted by Gasteiger charge is 2.04. The Kier molecular flexibility index (Phi) is 4.90. The largest absolute Gasteiger partial charge is 0.458 e. The Bertz CT molecular complexity index is 548. The Morgan fingerprint density at radius 2 is 2.10 bits per heavy atom. The van der Waals surface area contributed by atoms with Crippen LogP contribution in [0, 0.1) is 0 Å². The number of benzene rings is 1. The minimum Gasteiger partial charge on any atom is -0.458 e. The standard InChI is InChI=1S/C15H20N4O/c1-12(2)16-9-13(3)10-20-15-17-11-19(18-15)14-7-5-4-6-8-14/h4-8,11-12,16H,3,9-10H2,1-2H3. The van der Waals surface area contributed by atoms with Crippen LogP contribution in [0.5, 0.6) is 6.01 Å². The molecule has 0 saturated carbocycles. The van der Waals surface area contributed by atoms with E-state index in [1.54, 1.807) is 11.0 Å². The van der Waals surface area contributed by atoms with E-state index in [0.29, 0.717) is 18.7 Å². The van der Waals surface area contributed by atoms with Crippen molar-refractivity contribution in [1.82, 2.24) is 20.1 Å². The molecule has 0 aliphatic carbocycles. The van der Waals surface area contributed by atoms with Crippen LogP contribution >= 0.6 is 0 Å². The van der Waals surface area contributed by atoms with E-state index in [0.717, 1.165) is 17.8 Å². The van der Waals surface area contributed by atoms with Gasteiger partial charge in [0, 0.05) is 12.6 Å². The molecule has 1 N–H and O–H groups in total. The van der Waals surface area contributed by atoms with Gasteiger partial charge in [0.25, 0.3) is 0 Å². The molecule has 0 aliphatic heterocycles. The van der Waals surface area contributed by atoms with Crippen molar-refractivity contribution in [3.05, 3.63) is 48.8 Å². The molecule has 1 aromatic carbocycles. The minimum absolute atomic E-state index is 0.361. The van der Waals surface area contributed by atoms with Gasteiger partial charge in [0.2, 0.25) is 0 Å². The van der Waals surface area contributed by atoms with Crippen LogP contribution in [0.4, 0.5) is 0 Å². The molecule has 2 rings (SSSR count). The lowest BCUT2D eigenvalue weighted by molar-refractivity contribution is 0.319. The number of ether oxygens (including phenoxy) is 1. The summed E-state index contributed by atoms with van der Waals surface area (Å²) in [5.74, 6) is 0. The van der Waals surface area contributed by atoms with E-state index in [4.69, 9.17) is 4.74 Å². The molecule has 5 nitrogen and oxygen atoms in total. The molecular weight excluding hydrogens is 252 g/mol. The van der Waals surface area contributed by atoms with Gasteiger partial charge in [-0.2, -0.15) is 4.98 Å². The summed E-state index contributed by atoms with van der Waals surface area (Å²) in [6.45, 7) is 9.29. The fraction of sp³-hybridized carbons (Fsp3) is 0.333. The van der Waals surface area contributed by atoms with E-state index in [1.807, 2.05) is 30.3 Å². The van der Waals surface area contributed by atoms with Crippen LogP contribution in [0.3, 0.4) is 0 Å². The summed E-state index contributed by atoms with van der Waals surface area (Å²) in [5.41, 5.74) is 1.92. The third-order valence-electron chi connectivity index (χ3n) is 2.66. The van der Waals surface area contributed by atoms with Crippen LogP contribution in [0.1, 0.15) is 13.8 Å². The Morgan fingerprint density at radius 3 is 2.80 bits per heavy atom. The maximum atomic E-state index is 5.52. The highest BCUT2D eigenvalue weighted by molar-refractivity contribution is 5.29. The molecule has 0 radical (unpaired) electrons. The van der Waals surface area contributed by atoms with Gasteiger partial charge in [0.1, 0.15) is 12.9 Å². The molecule has 0 amide bonds. The van der Waals surface area contributed by atoms with Crippen molar-refractivity contribution >= 4 is 0 Å².